The molecule has 0 aromatic carbocycles. The summed E-state index contributed by atoms with van der Waals surface area (Å²) in [4.78, 5) is 14.7. The molecule has 4 aliphatic rings. The lowest BCUT2D eigenvalue weighted by Crippen LogP contribution is -2.61. The van der Waals surface area contributed by atoms with Gasteiger partial charge >= 0.3 is 0 Å². The van der Waals surface area contributed by atoms with Crippen LogP contribution < -0.4 is 5.73 Å². The standard InChI is InChI=1S/C16H28N2O/c1-9(2)18(16(19)10(3)17)15-13-5-11-4-12(7-13)8-14(15)6-11/h9-15H,4-8,17H2,1-3H3. The highest BCUT2D eigenvalue weighted by Crippen LogP contribution is 2.55. The molecule has 2 N–H and O–H groups in total. The van der Waals surface area contributed by atoms with Gasteiger partial charge in [-0.2, -0.15) is 0 Å². The molecular weight excluding hydrogens is 236 g/mol. The van der Waals surface area contributed by atoms with Crippen molar-refractivity contribution in [2.45, 2.75) is 71.0 Å². The van der Waals surface area contributed by atoms with Crippen molar-refractivity contribution in [3.8, 4) is 0 Å². The second kappa shape index (κ2) is 4.76. The molecule has 19 heavy (non-hydrogen) atoms. The zero-order chi connectivity index (χ0) is 13.7. The third kappa shape index (κ3) is 2.20. The van der Waals surface area contributed by atoms with Gasteiger partial charge in [0.1, 0.15) is 0 Å². The quantitative estimate of drug-likeness (QED) is 0.851. The van der Waals surface area contributed by atoms with Gasteiger partial charge in [0.25, 0.3) is 0 Å². The van der Waals surface area contributed by atoms with E-state index in [0.717, 1.165) is 23.7 Å². The van der Waals surface area contributed by atoms with Gasteiger partial charge in [0.05, 0.1) is 6.04 Å². The zero-order valence-electron chi connectivity index (χ0n) is 12.5. The number of carbonyl (C=O) groups is 1. The minimum atomic E-state index is -0.361. The average Bonchev–Trinajstić information content (AvgIpc) is 2.31. The molecule has 1 atom stereocenters. The van der Waals surface area contributed by atoms with E-state index < -0.39 is 0 Å². The molecule has 4 aliphatic carbocycles. The highest BCUT2D eigenvalue weighted by molar-refractivity contribution is 5.81. The third-order valence-electron chi connectivity index (χ3n) is 5.70. The zero-order valence-corrected chi connectivity index (χ0v) is 12.5. The Morgan fingerprint density at radius 1 is 1.00 bits per heavy atom. The van der Waals surface area contributed by atoms with Gasteiger partial charge in [0, 0.05) is 12.1 Å². The Morgan fingerprint density at radius 3 is 1.84 bits per heavy atom. The Hall–Kier alpha value is -0.570. The fourth-order valence-electron chi connectivity index (χ4n) is 5.33. The van der Waals surface area contributed by atoms with Crippen molar-refractivity contribution in [3.63, 3.8) is 0 Å². The topological polar surface area (TPSA) is 46.3 Å². The van der Waals surface area contributed by atoms with Crippen molar-refractivity contribution in [2.75, 3.05) is 0 Å². The van der Waals surface area contributed by atoms with Crippen LogP contribution in [0.3, 0.4) is 0 Å². The van der Waals surface area contributed by atoms with Gasteiger partial charge in [-0.1, -0.05) is 0 Å². The van der Waals surface area contributed by atoms with Crippen LogP contribution in [-0.2, 0) is 4.79 Å². The number of hydrogen-bond donors (Lipinski definition) is 1. The first-order valence-electron chi connectivity index (χ1n) is 8.05. The summed E-state index contributed by atoms with van der Waals surface area (Å²) in [6.07, 6.45) is 6.88. The average molecular weight is 264 g/mol. The van der Waals surface area contributed by atoms with Crippen molar-refractivity contribution in [3.05, 3.63) is 0 Å². The second-order valence-corrected chi connectivity index (χ2v) is 7.55. The van der Waals surface area contributed by atoms with E-state index in [1.54, 1.807) is 0 Å². The minimum Gasteiger partial charge on any atom is -0.335 e. The smallest absolute Gasteiger partial charge is 0.239 e. The number of nitrogens with two attached hydrogens (primary N) is 1. The molecule has 4 fully saturated rings. The van der Waals surface area contributed by atoms with E-state index in [-0.39, 0.29) is 18.0 Å². The molecule has 1 unspecified atom stereocenters. The Labute approximate surface area is 116 Å². The van der Waals surface area contributed by atoms with Gasteiger partial charge in [-0.25, -0.2) is 0 Å². The van der Waals surface area contributed by atoms with Crippen molar-refractivity contribution in [1.82, 2.24) is 4.90 Å². The van der Waals surface area contributed by atoms with E-state index in [2.05, 4.69) is 18.7 Å². The molecular formula is C16H28N2O. The predicted molar refractivity (Wildman–Crippen MR) is 76.5 cm³/mol. The summed E-state index contributed by atoms with van der Waals surface area (Å²) >= 11 is 0. The van der Waals surface area contributed by atoms with E-state index in [1.165, 1.54) is 32.1 Å². The number of hydrogen-bond acceptors (Lipinski definition) is 2. The third-order valence-corrected chi connectivity index (χ3v) is 5.70. The van der Waals surface area contributed by atoms with Crippen LogP contribution in [-0.4, -0.2) is 28.9 Å². The van der Waals surface area contributed by atoms with Crippen LogP contribution >= 0.6 is 0 Å². The molecule has 0 aromatic rings. The van der Waals surface area contributed by atoms with Crippen LogP contribution in [0, 0.1) is 23.7 Å². The molecule has 0 aromatic heterocycles. The van der Waals surface area contributed by atoms with Crippen molar-refractivity contribution >= 4 is 5.91 Å². The van der Waals surface area contributed by atoms with Crippen molar-refractivity contribution < 1.29 is 4.79 Å². The maximum absolute atomic E-state index is 12.5. The fourth-order valence-corrected chi connectivity index (χ4v) is 5.33. The number of amides is 1. The maximum Gasteiger partial charge on any atom is 0.239 e. The largest absolute Gasteiger partial charge is 0.335 e. The van der Waals surface area contributed by atoms with Crippen LogP contribution in [0.1, 0.15) is 52.9 Å². The summed E-state index contributed by atoms with van der Waals surface area (Å²) in [6, 6.07) is 0.395. The van der Waals surface area contributed by atoms with Crippen LogP contribution in [0.25, 0.3) is 0 Å². The first-order valence-corrected chi connectivity index (χ1v) is 8.05. The van der Waals surface area contributed by atoms with Gasteiger partial charge in [0.2, 0.25) is 5.91 Å². The van der Waals surface area contributed by atoms with Crippen LogP contribution in [0.15, 0.2) is 0 Å². The van der Waals surface area contributed by atoms with Crippen LogP contribution in [0.4, 0.5) is 0 Å². The van der Waals surface area contributed by atoms with E-state index in [4.69, 9.17) is 5.73 Å². The monoisotopic (exact) mass is 264 g/mol. The molecule has 0 spiro atoms. The molecule has 0 saturated heterocycles. The molecule has 0 aliphatic heterocycles. The summed E-state index contributed by atoms with van der Waals surface area (Å²) in [5, 5.41) is 0. The highest BCUT2D eigenvalue weighted by Gasteiger charge is 2.51. The normalized spacial score (nSPS) is 41.6. The molecule has 108 valence electrons. The maximum atomic E-state index is 12.5. The molecule has 3 nitrogen and oxygen atoms in total. The lowest BCUT2D eigenvalue weighted by Gasteiger charge is -2.58. The Kier molecular flexibility index (Phi) is 3.36. The van der Waals surface area contributed by atoms with E-state index >= 15 is 0 Å². The van der Waals surface area contributed by atoms with E-state index in [1.807, 2.05) is 6.92 Å². The Morgan fingerprint density at radius 2 is 1.47 bits per heavy atom. The van der Waals surface area contributed by atoms with Crippen LogP contribution in [0.5, 0.6) is 0 Å². The molecule has 3 heteroatoms. The number of nitrogens with zero attached hydrogens (tertiary/aromatic N) is 1. The summed E-state index contributed by atoms with van der Waals surface area (Å²) in [5.41, 5.74) is 5.88. The van der Waals surface area contributed by atoms with Gasteiger partial charge in [-0.3, -0.25) is 4.79 Å². The molecule has 0 radical (unpaired) electrons. The summed E-state index contributed by atoms with van der Waals surface area (Å²) < 4.78 is 0. The van der Waals surface area contributed by atoms with Crippen molar-refractivity contribution in [1.29, 1.82) is 0 Å². The SMILES string of the molecule is CC(N)C(=O)N(C(C)C)C1C2CC3CC(C2)CC1C3. The van der Waals surface area contributed by atoms with Gasteiger partial charge in [0.15, 0.2) is 0 Å². The number of rotatable bonds is 3. The molecule has 4 saturated carbocycles. The molecule has 4 bridgehead atoms. The van der Waals surface area contributed by atoms with Crippen molar-refractivity contribution in [2.24, 2.45) is 29.4 Å². The summed E-state index contributed by atoms with van der Waals surface area (Å²) in [6.45, 7) is 6.12. The Balaban J connectivity index is 1.85. The summed E-state index contributed by atoms with van der Waals surface area (Å²) in [7, 11) is 0. The fraction of sp³-hybridized carbons (Fsp3) is 0.938. The second-order valence-electron chi connectivity index (χ2n) is 7.55. The van der Waals surface area contributed by atoms with Gasteiger partial charge < -0.3 is 10.6 Å². The summed E-state index contributed by atoms with van der Waals surface area (Å²) in [5.74, 6) is 3.58. The minimum absolute atomic E-state index is 0.160. The Bertz CT molecular complexity index is 336. The predicted octanol–water partition coefficient (Wildman–Crippen LogP) is 2.40. The first-order chi connectivity index (χ1) is 8.97. The lowest BCUT2D eigenvalue weighted by atomic mass is 9.53. The van der Waals surface area contributed by atoms with Gasteiger partial charge in [-0.05, 0) is 76.5 Å². The lowest BCUT2D eigenvalue weighted by molar-refractivity contribution is -0.148. The van der Waals surface area contributed by atoms with Crippen LogP contribution in [0.2, 0.25) is 0 Å². The van der Waals surface area contributed by atoms with E-state index in [9.17, 15) is 4.79 Å². The first kappa shape index (κ1) is 13.4. The molecule has 4 rings (SSSR count). The van der Waals surface area contributed by atoms with Gasteiger partial charge in [-0.15, -0.1) is 0 Å². The highest BCUT2D eigenvalue weighted by atomic mass is 16.2. The molecule has 1 amide bonds. The number of carbonyl (C=O) groups excluding carboxylic acids is 1. The van der Waals surface area contributed by atoms with E-state index in [0.29, 0.717) is 6.04 Å². The molecule has 0 heterocycles.